The summed E-state index contributed by atoms with van der Waals surface area (Å²) in [6.07, 6.45) is 3.64. The molecule has 2 N–H and O–H groups in total. The van der Waals surface area contributed by atoms with Gasteiger partial charge in [-0.15, -0.1) is 0 Å². The van der Waals surface area contributed by atoms with Gasteiger partial charge in [0, 0.05) is 24.7 Å². The maximum absolute atomic E-state index is 12.4. The van der Waals surface area contributed by atoms with Crippen molar-refractivity contribution >= 4 is 21.6 Å². The number of benzene rings is 1. The maximum atomic E-state index is 12.4. The highest BCUT2D eigenvalue weighted by Gasteiger charge is 2.26. The molecular weight excluding hydrogens is 316 g/mol. The Morgan fingerprint density at radius 3 is 2.30 bits per heavy atom. The smallest absolute Gasteiger partial charge is 0.240 e. The molecule has 126 valence electrons. The Morgan fingerprint density at radius 1 is 1.09 bits per heavy atom. The van der Waals surface area contributed by atoms with Crippen molar-refractivity contribution in [1.29, 1.82) is 0 Å². The lowest BCUT2D eigenvalue weighted by atomic mass is 9.94. The average molecular weight is 338 g/mol. The van der Waals surface area contributed by atoms with Crippen LogP contribution in [0.25, 0.3) is 0 Å². The summed E-state index contributed by atoms with van der Waals surface area (Å²) in [6.45, 7) is 0.688. The fourth-order valence-electron chi connectivity index (χ4n) is 3.21. The number of carbonyl (C=O) groups excluding carboxylic acids is 1. The quantitative estimate of drug-likeness (QED) is 0.869. The number of sulfonamides is 1. The van der Waals surface area contributed by atoms with Gasteiger partial charge in [0.15, 0.2) is 0 Å². The zero-order valence-corrected chi connectivity index (χ0v) is 13.8. The zero-order valence-electron chi connectivity index (χ0n) is 12.9. The number of aliphatic hydroxyl groups excluding tert-OH is 1. The van der Waals surface area contributed by atoms with Gasteiger partial charge in [-0.25, -0.2) is 13.1 Å². The molecule has 1 amide bonds. The van der Waals surface area contributed by atoms with Gasteiger partial charge in [-0.2, -0.15) is 0 Å². The first kappa shape index (κ1) is 16.4. The molecule has 0 bridgehead atoms. The number of amides is 1. The van der Waals surface area contributed by atoms with E-state index < -0.39 is 10.0 Å². The Kier molecular flexibility index (Phi) is 4.70. The molecule has 6 nitrogen and oxygen atoms in total. The predicted molar refractivity (Wildman–Crippen MR) is 86.6 cm³/mol. The van der Waals surface area contributed by atoms with E-state index >= 15 is 0 Å². The van der Waals surface area contributed by atoms with E-state index in [1.54, 1.807) is 29.2 Å². The third-order valence-electron chi connectivity index (χ3n) is 4.55. The summed E-state index contributed by atoms with van der Waals surface area (Å²) in [5.41, 5.74) is 0.743. The number of aliphatic hydroxyl groups is 1. The van der Waals surface area contributed by atoms with Crippen molar-refractivity contribution in [3.05, 3.63) is 24.3 Å². The number of anilines is 1. The lowest BCUT2D eigenvalue weighted by molar-refractivity contribution is -0.117. The third-order valence-corrected chi connectivity index (χ3v) is 6.09. The van der Waals surface area contributed by atoms with E-state index in [1.165, 1.54) is 0 Å². The summed E-state index contributed by atoms with van der Waals surface area (Å²) < 4.78 is 27.6. The van der Waals surface area contributed by atoms with Gasteiger partial charge in [-0.05, 0) is 56.4 Å². The molecule has 0 atom stereocenters. The molecule has 0 radical (unpaired) electrons. The zero-order chi connectivity index (χ0) is 16.4. The molecule has 0 spiro atoms. The van der Waals surface area contributed by atoms with Crippen LogP contribution in [0.2, 0.25) is 0 Å². The SMILES string of the molecule is O=C1CCCN1c1ccc(S(=O)(=O)NC2CCC(O)CC2)cc1. The van der Waals surface area contributed by atoms with Gasteiger partial charge in [-0.3, -0.25) is 4.79 Å². The van der Waals surface area contributed by atoms with Crippen molar-refractivity contribution in [2.24, 2.45) is 0 Å². The van der Waals surface area contributed by atoms with E-state index in [1.807, 2.05) is 0 Å². The highest BCUT2D eigenvalue weighted by Crippen LogP contribution is 2.24. The molecule has 3 rings (SSSR count). The second kappa shape index (κ2) is 6.59. The van der Waals surface area contributed by atoms with E-state index in [4.69, 9.17) is 0 Å². The first-order valence-electron chi connectivity index (χ1n) is 8.06. The average Bonchev–Trinajstić information content (AvgIpc) is 2.96. The van der Waals surface area contributed by atoms with Crippen LogP contribution in [0.5, 0.6) is 0 Å². The summed E-state index contributed by atoms with van der Waals surface area (Å²) in [6, 6.07) is 6.33. The molecule has 7 heteroatoms. The second-order valence-corrected chi connectivity index (χ2v) is 7.98. The van der Waals surface area contributed by atoms with Crippen LogP contribution in [0.3, 0.4) is 0 Å². The Bertz CT molecular complexity index is 664. The van der Waals surface area contributed by atoms with Gasteiger partial charge in [-0.1, -0.05) is 0 Å². The number of carbonyl (C=O) groups is 1. The van der Waals surface area contributed by atoms with Gasteiger partial charge in [0.2, 0.25) is 15.9 Å². The van der Waals surface area contributed by atoms with Crippen LogP contribution in [0.15, 0.2) is 29.2 Å². The minimum Gasteiger partial charge on any atom is -0.393 e. The molecule has 1 heterocycles. The molecule has 2 aliphatic rings. The summed E-state index contributed by atoms with van der Waals surface area (Å²) in [4.78, 5) is 13.6. The third kappa shape index (κ3) is 3.73. The van der Waals surface area contributed by atoms with Gasteiger partial charge >= 0.3 is 0 Å². The summed E-state index contributed by atoms with van der Waals surface area (Å²) in [7, 11) is -3.57. The molecule has 1 aliphatic heterocycles. The van der Waals surface area contributed by atoms with Crippen molar-refractivity contribution < 1.29 is 18.3 Å². The van der Waals surface area contributed by atoms with Crippen molar-refractivity contribution in [1.82, 2.24) is 4.72 Å². The van der Waals surface area contributed by atoms with Gasteiger partial charge in [0.25, 0.3) is 0 Å². The molecule has 1 saturated carbocycles. The topological polar surface area (TPSA) is 86.7 Å². The molecule has 1 aromatic carbocycles. The van der Waals surface area contributed by atoms with Gasteiger partial charge in [0.1, 0.15) is 0 Å². The van der Waals surface area contributed by atoms with E-state index in [2.05, 4.69) is 4.72 Å². The number of nitrogens with one attached hydrogen (secondary N) is 1. The summed E-state index contributed by atoms with van der Waals surface area (Å²) >= 11 is 0. The Balaban J connectivity index is 1.69. The fraction of sp³-hybridized carbons (Fsp3) is 0.562. The monoisotopic (exact) mass is 338 g/mol. The minimum absolute atomic E-state index is 0.0829. The Labute approximate surface area is 136 Å². The van der Waals surface area contributed by atoms with Crippen LogP contribution < -0.4 is 9.62 Å². The number of nitrogens with zero attached hydrogens (tertiary/aromatic N) is 1. The fourth-order valence-corrected chi connectivity index (χ4v) is 4.51. The molecule has 0 unspecified atom stereocenters. The molecule has 23 heavy (non-hydrogen) atoms. The van der Waals surface area contributed by atoms with Crippen molar-refractivity contribution in [3.63, 3.8) is 0 Å². The molecule has 1 aromatic rings. The van der Waals surface area contributed by atoms with E-state index in [9.17, 15) is 18.3 Å². The predicted octanol–water partition coefficient (Wildman–Crippen LogP) is 1.40. The lowest BCUT2D eigenvalue weighted by Gasteiger charge is -2.26. The number of hydrogen-bond donors (Lipinski definition) is 2. The van der Waals surface area contributed by atoms with E-state index in [0.29, 0.717) is 38.6 Å². The van der Waals surface area contributed by atoms with E-state index in [-0.39, 0.29) is 22.9 Å². The standard InChI is InChI=1S/C16H22N2O4S/c19-14-7-3-12(4-8-14)17-23(21,22)15-9-5-13(6-10-15)18-11-1-2-16(18)20/h5-6,9-10,12,14,17,19H,1-4,7-8,11H2. The van der Waals surface area contributed by atoms with Crippen molar-refractivity contribution in [2.45, 2.75) is 55.6 Å². The normalized spacial score (nSPS) is 25.8. The molecule has 0 aromatic heterocycles. The number of rotatable bonds is 4. The molecule has 1 saturated heterocycles. The van der Waals surface area contributed by atoms with Gasteiger partial charge in [0.05, 0.1) is 11.0 Å². The van der Waals surface area contributed by atoms with Crippen LogP contribution in [0.4, 0.5) is 5.69 Å². The first-order chi connectivity index (χ1) is 11.0. The Hall–Kier alpha value is -1.44. The summed E-state index contributed by atoms with van der Waals surface area (Å²) in [5.74, 6) is 0.0829. The maximum Gasteiger partial charge on any atom is 0.240 e. The van der Waals surface area contributed by atoms with Crippen LogP contribution in [-0.2, 0) is 14.8 Å². The molecular formula is C16H22N2O4S. The Morgan fingerprint density at radius 2 is 1.74 bits per heavy atom. The van der Waals surface area contributed by atoms with Crippen LogP contribution in [0.1, 0.15) is 38.5 Å². The van der Waals surface area contributed by atoms with Crippen LogP contribution in [-0.4, -0.2) is 38.1 Å². The molecule has 1 aliphatic carbocycles. The first-order valence-corrected chi connectivity index (χ1v) is 9.55. The molecule has 2 fully saturated rings. The number of hydrogen-bond acceptors (Lipinski definition) is 4. The lowest BCUT2D eigenvalue weighted by Crippen LogP contribution is -2.38. The second-order valence-electron chi connectivity index (χ2n) is 6.27. The van der Waals surface area contributed by atoms with E-state index in [0.717, 1.165) is 12.1 Å². The largest absolute Gasteiger partial charge is 0.393 e. The van der Waals surface area contributed by atoms with Crippen molar-refractivity contribution in [2.75, 3.05) is 11.4 Å². The minimum atomic E-state index is -3.57. The van der Waals surface area contributed by atoms with Crippen LogP contribution in [0, 0.1) is 0 Å². The van der Waals surface area contributed by atoms with Crippen molar-refractivity contribution in [3.8, 4) is 0 Å². The summed E-state index contributed by atoms with van der Waals surface area (Å²) in [5, 5.41) is 9.49. The van der Waals surface area contributed by atoms with Gasteiger partial charge < -0.3 is 10.0 Å². The highest BCUT2D eigenvalue weighted by molar-refractivity contribution is 7.89. The van der Waals surface area contributed by atoms with Crippen LogP contribution >= 0.6 is 0 Å². The highest BCUT2D eigenvalue weighted by atomic mass is 32.2.